The Balaban J connectivity index is 2.52. The van der Waals surface area contributed by atoms with Crippen LogP contribution in [-0.4, -0.2) is 5.78 Å². The molecule has 0 heterocycles. The lowest BCUT2D eigenvalue weighted by Gasteiger charge is -2.02. The molecule has 1 nitrogen and oxygen atoms in total. The maximum atomic E-state index is 10.9. The molecule has 1 fully saturated rings. The SMILES string of the molecule is CCC1C[C@]1(C)C(C)=O. The van der Waals surface area contributed by atoms with Crippen molar-refractivity contribution >= 4 is 5.78 Å². The Kier molecular flexibility index (Phi) is 1.38. The molecule has 0 saturated heterocycles. The molecular formula is C8H14O. The predicted octanol–water partition coefficient (Wildman–Crippen LogP) is 2.01. The highest BCUT2D eigenvalue weighted by atomic mass is 16.1. The molecular weight excluding hydrogens is 112 g/mol. The van der Waals surface area contributed by atoms with Crippen LogP contribution in [0.25, 0.3) is 0 Å². The lowest BCUT2D eigenvalue weighted by molar-refractivity contribution is -0.121. The lowest BCUT2D eigenvalue weighted by atomic mass is 10.0. The fourth-order valence-corrected chi connectivity index (χ4v) is 1.48. The second kappa shape index (κ2) is 1.83. The molecule has 52 valence electrons. The quantitative estimate of drug-likeness (QED) is 0.553. The average Bonchev–Trinajstić information content (AvgIpc) is 2.44. The van der Waals surface area contributed by atoms with Gasteiger partial charge in [0.2, 0.25) is 0 Å². The summed E-state index contributed by atoms with van der Waals surface area (Å²) >= 11 is 0. The van der Waals surface area contributed by atoms with E-state index in [1.165, 1.54) is 0 Å². The van der Waals surface area contributed by atoms with Crippen molar-refractivity contribution in [3.63, 3.8) is 0 Å². The standard InChI is InChI=1S/C8H14O/c1-4-7-5-8(7,3)6(2)9/h7H,4-5H2,1-3H3/t7?,8-/m1/s1. The molecule has 1 unspecified atom stereocenters. The molecule has 9 heavy (non-hydrogen) atoms. The number of rotatable bonds is 2. The number of ketones is 1. The molecule has 0 aromatic heterocycles. The fourth-order valence-electron chi connectivity index (χ4n) is 1.48. The Labute approximate surface area is 56.4 Å². The van der Waals surface area contributed by atoms with Gasteiger partial charge in [0.05, 0.1) is 0 Å². The van der Waals surface area contributed by atoms with Gasteiger partial charge in [-0.05, 0) is 19.3 Å². The zero-order valence-electron chi connectivity index (χ0n) is 6.40. The Morgan fingerprint density at radius 3 is 2.44 bits per heavy atom. The zero-order valence-corrected chi connectivity index (χ0v) is 6.40. The van der Waals surface area contributed by atoms with Crippen LogP contribution in [0.2, 0.25) is 0 Å². The summed E-state index contributed by atoms with van der Waals surface area (Å²) in [6.45, 7) is 5.93. The highest BCUT2D eigenvalue weighted by Gasteiger charge is 2.52. The van der Waals surface area contributed by atoms with Crippen molar-refractivity contribution in [1.29, 1.82) is 0 Å². The van der Waals surface area contributed by atoms with Crippen LogP contribution in [0.15, 0.2) is 0 Å². The highest BCUT2D eigenvalue weighted by Crippen LogP contribution is 2.54. The van der Waals surface area contributed by atoms with Gasteiger partial charge in [-0.1, -0.05) is 20.3 Å². The topological polar surface area (TPSA) is 17.1 Å². The van der Waals surface area contributed by atoms with Gasteiger partial charge < -0.3 is 0 Å². The summed E-state index contributed by atoms with van der Waals surface area (Å²) in [5.41, 5.74) is 0.0781. The summed E-state index contributed by atoms with van der Waals surface area (Å²) in [7, 11) is 0. The summed E-state index contributed by atoms with van der Waals surface area (Å²) in [6, 6.07) is 0. The Hall–Kier alpha value is -0.330. The van der Waals surface area contributed by atoms with Crippen molar-refractivity contribution < 1.29 is 4.79 Å². The van der Waals surface area contributed by atoms with E-state index >= 15 is 0 Å². The molecule has 1 rings (SSSR count). The summed E-state index contributed by atoms with van der Waals surface area (Å²) < 4.78 is 0. The van der Waals surface area contributed by atoms with Gasteiger partial charge in [-0.15, -0.1) is 0 Å². The van der Waals surface area contributed by atoms with Crippen molar-refractivity contribution in [2.45, 2.75) is 33.6 Å². The molecule has 0 bridgehead atoms. The fraction of sp³-hybridized carbons (Fsp3) is 0.875. The van der Waals surface area contributed by atoms with Crippen molar-refractivity contribution in [3.8, 4) is 0 Å². The summed E-state index contributed by atoms with van der Waals surface area (Å²) in [5, 5.41) is 0. The molecule has 0 aromatic carbocycles. The second-order valence-electron chi connectivity index (χ2n) is 3.28. The Bertz CT molecular complexity index is 140. The Morgan fingerprint density at radius 1 is 1.78 bits per heavy atom. The number of carbonyl (C=O) groups is 1. The minimum absolute atomic E-state index is 0.0781. The van der Waals surface area contributed by atoms with Crippen molar-refractivity contribution in [1.82, 2.24) is 0 Å². The molecule has 2 atom stereocenters. The van der Waals surface area contributed by atoms with Crippen LogP contribution in [-0.2, 0) is 4.79 Å². The molecule has 0 aliphatic heterocycles. The number of hydrogen-bond donors (Lipinski definition) is 0. The normalized spacial score (nSPS) is 40.6. The first kappa shape index (κ1) is 6.79. The van der Waals surface area contributed by atoms with Crippen LogP contribution < -0.4 is 0 Å². The van der Waals surface area contributed by atoms with Gasteiger partial charge in [-0.25, -0.2) is 0 Å². The maximum absolute atomic E-state index is 10.9. The molecule has 1 aliphatic rings. The maximum Gasteiger partial charge on any atom is 0.135 e. The van der Waals surface area contributed by atoms with E-state index in [-0.39, 0.29) is 5.41 Å². The van der Waals surface area contributed by atoms with E-state index < -0.39 is 0 Å². The number of hydrogen-bond acceptors (Lipinski definition) is 1. The molecule has 0 aromatic rings. The molecule has 0 radical (unpaired) electrons. The van der Waals surface area contributed by atoms with Crippen molar-refractivity contribution in [2.75, 3.05) is 0 Å². The largest absolute Gasteiger partial charge is 0.299 e. The summed E-state index contributed by atoms with van der Waals surface area (Å²) in [6.07, 6.45) is 2.29. The van der Waals surface area contributed by atoms with Crippen LogP contribution in [0.4, 0.5) is 0 Å². The smallest absolute Gasteiger partial charge is 0.135 e. The summed E-state index contributed by atoms with van der Waals surface area (Å²) in [4.78, 5) is 10.9. The third-order valence-corrected chi connectivity index (χ3v) is 2.71. The third kappa shape index (κ3) is 0.887. The van der Waals surface area contributed by atoms with E-state index in [4.69, 9.17) is 0 Å². The van der Waals surface area contributed by atoms with Gasteiger partial charge >= 0.3 is 0 Å². The van der Waals surface area contributed by atoms with E-state index in [9.17, 15) is 4.79 Å². The van der Waals surface area contributed by atoms with E-state index in [0.717, 1.165) is 12.8 Å². The van der Waals surface area contributed by atoms with Crippen LogP contribution in [0.5, 0.6) is 0 Å². The third-order valence-electron chi connectivity index (χ3n) is 2.71. The van der Waals surface area contributed by atoms with Crippen molar-refractivity contribution in [3.05, 3.63) is 0 Å². The first-order valence-corrected chi connectivity index (χ1v) is 3.62. The van der Waals surface area contributed by atoms with Gasteiger partial charge in [0.25, 0.3) is 0 Å². The Morgan fingerprint density at radius 2 is 2.33 bits per heavy atom. The average molecular weight is 126 g/mol. The van der Waals surface area contributed by atoms with Crippen LogP contribution in [0, 0.1) is 11.3 Å². The molecule has 0 spiro atoms. The zero-order chi connectivity index (χ0) is 7.07. The molecule has 1 saturated carbocycles. The van der Waals surface area contributed by atoms with E-state index in [1.54, 1.807) is 6.92 Å². The van der Waals surface area contributed by atoms with Crippen molar-refractivity contribution in [2.24, 2.45) is 11.3 Å². The molecule has 1 heteroatoms. The summed E-state index contributed by atoms with van der Waals surface area (Å²) in [5.74, 6) is 1.06. The van der Waals surface area contributed by atoms with Gasteiger partial charge in [0.1, 0.15) is 5.78 Å². The van der Waals surface area contributed by atoms with Gasteiger partial charge in [0, 0.05) is 5.41 Å². The van der Waals surface area contributed by atoms with E-state index in [2.05, 4.69) is 13.8 Å². The van der Waals surface area contributed by atoms with Crippen LogP contribution in [0.3, 0.4) is 0 Å². The van der Waals surface area contributed by atoms with Gasteiger partial charge in [0.15, 0.2) is 0 Å². The first-order chi connectivity index (χ1) is 4.11. The molecule has 1 aliphatic carbocycles. The predicted molar refractivity (Wildman–Crippen MR) is 37.2 cm³/mol. The second-order valence-corrected chi connectivity index (χ2v) is 3.28. The highest BCUT2D eigenvalue weighted by molar-refractivity contribution is 5.85. The first-order valence-electron chi connectivity index (χ1n) is 3.62. The number of carbonyl (C=O) groups excluding carboxylic acids is 1. The molecule has 0 amide bonds. The van der Waals surface area contributed by atoms with E-state index in [1.807, 2.05) is 0 Å². The molecule has 0 N–H and O–H groups in total. The number of Topliss-reactive ketones (excluding diaryl/α,β-unsaturated/α-hetero) is 1. The monoisotopic (exact) mass is 126 g/mol. The lowest BCUT2D eigenvalue weighted by Crippen LogP contribution is -2.09. The van der Waals surface area contributed by atoms with Gasteiger partial charge in [-0.3, -0.25) is 4.79 Å². The van der Waals surface area contributed by atoms with Gasteiger partial charge in [-0.2, -0.15) is 0 Å². The minimum Gasteiger partial charge on any atom is -0.299 e. The van der Waals surface area contributed by atoms with Crippen LogP contribution in [0.1, 0.15) is 33.6 Å². The van der Waals surface area contributed by atoms with E-state index in [0.29, 0.717) is 11.7 Å². The van der Waals surface area contributed by atoms with Crippen LogP contribution >= 0.6 is 0 Å². The minimum atomic E-state index is 0.0781.